The first kappa shape index (κ1) is 20.1. The fourth-order valence-corrected chi connectivity index (χ4v) is 3.63. The average Bonchev–Trinajstić information content (AvgIpc) is 3.24. The Bertz CT molecular complexity index is 1030. The molecule has 1 amide bonds. The molecule has 0 atom stereocenters. The van der Waals surface area contributed by atoms with Gasteiger partial charge in [0, 0.05) is 31.5 Å². The predicted octanol–water partition coefficient (Wildman–Crippen LogP) is 4.75. The molecule has 1 saturated heterocycles. The highest BCUT2D eigenvalue weighted by molar-refractivity contribution is 5.94. The van der Waals surface area contributed by atoms with Crippen molar-refractivity contribution in [2.75, 3.05) is 23.3 Å². The van der Waals surface area contributed by atoms with Gasteiger partial charge < -0.3 is 14.7 Å². The molecule has 2 heterocycles. The van der Waals surface area contributed by atoms with Crippen LogP contribution in [-0.2, 0) is 11.2 Å². The van der Waals surface area contributed by atoms with E-state index in [1.54, 1.807) is 19.1 Å². The number of piperidine rings is 1. The van der Waals surface area contributed by atoms with E-state index in [0.29, 0.717) is 29.3 Å². The number of hydrogen-bond acceptors (Lipinski definition) is 5. The van der Waals surface area contributed by atoms with Crippen molar-refractivity contribution in [2.45, 2.75) is 39.0 Å². The fourth-order valence-electron chi connectivity index (χ4n) is 3.63. The van der Waals surface area contributed by atoms with Crippen LogP contribution in [0, 0.1) is 12.7 Å². The van der Waals surface area contributed by atoms with Crippen LogP contribution in [0.2, 0.25) is 0 Å². The van der Waals surface area contributed by atoms with Crippen molar-refractivity contribution >= 4 is 17.3 Å². The van der Waals surface area contributed by atoms with E-state index in [-0.39, 0.29) is 18.1 Å². The van der Waals surface area contributed by atoms with Crippen molar-refractivity contribution in [3.8, 4) is 11.4 Å². The van der Waals surface area contributed by atoms with E-state index in [9.17, 15) is 9.18 Å². The second-order valence-corrected chi connectivity index (χ2v) is 7.59. The zero-order chi connectivity index (χ0) is 20.9. The second kappa shape index (κ2) is 9.07. The highest BCUT2D eigenvalue weighted by atomic mass is 19.1. The molecule has 0 spiro atoms. The molecular formula is C23H25FN4O2. The number of anilines is 2. The van der Waals surface area contributed by atoms with E-state index in [1.165, 1.54) is 25.3 Å². The molecule has 0 bridgehead atoms. The zero-order valence-electron chi connectivity index (χ0n) is 17.0. The topological polar surface area (TPSA) is 71.3 Å². The summed E-state index contributed by atoms with van der Waals surface area (Å²) in [6, 6.07) is 12.7. The smallest absolute Gasteiger partial charge is 0.227 e. The third-order valence-corrected chi connectivity index (χ3v) is 5.34. The molecule has 3 aromatic rings. The monoisotopic (exact) mass is 408 g/mol. The Hall–Kier alpha value is -3.22. The molecule has 30 heavy (non-hydrogen) atoms. The van der Waals surface area contributed by atoms with Gasteiger partial charge in [0.1, 0.15) is 5.82 Å². The number of nitrogens with one attached hydrogen (secondary N) is 1. The first-order chi connectivity index (χ1) is 14.6. The summed E-state index contributed by atoms with van der Waals surface area (Å²) in [7, 11) is 0. The Morgan fingerprint density at radius 3 is 2.77 bits per heavy atom. The first-order valence-corrected chi connectivity index (χ1v) is 10.3. The molecule has 0 aliphatic carbocycles. The normalized spacial score (nSPS) is 14.0. The van der Waals surface area contributed by atoms with Gasteiger partial charge in [-0.15, -0.1) is 0 Å². The number of aromatic nitrogens is 2. The van der Waals surface area contributed by atoms with Crippen LogP contribution >= 0.6 is 0 Å². The highest BCUT2D eigenvalue weighted by Gasteiger charge is 2.16. The number of para-hydroxylation sites is 2. The summed E-state index contributed by atoms with van der Waals surface area (Å²) in [6.45, 7) is 3.72. The molecule has 0 unspecified atom stereocenters. The standard InChI is InChI=1S/C23H25FN4O2/c1-16-9-10-17(15-18(16)24)23-26-22(30-27-23)12-11-21(29)25-19-7-3-4-8-20(19)28-13-5-2-6-14-28/h3-4,7-10,15H,2,5-6,11-14H2,1H3,(H,25,29). The molecule has 1 aliphatic heterocycles. The molecule has 4 rings (SSSR count). The van der Waals surface area contributed by atoms with E-state index in [0.717, 1.165) is 24.5 Å². The summed E-state index contributed by atoms with van der Waals surface area (Å²) in [5, 5.41) is 6.91. The first-order valence-electron chi connectivity index (χ1n) is 10.3. The van der Waals surface area contributed by atoms with Crippen molar-refractivity contribution in [1.82, 2.24) is 10.1 Å². The average molecular weight is 408 g/mol. The molecule has 1 N–H and O–H groups in total. The SMILES string of the molecule is Cc1ccc(-c2noc(CCC(=O)Nc3ccccc3N3CCCCC3)n2)cc1F. The van der Waals surface area contributed by atoms with E-state index in [4.69, 9.17) is 4.52 Å². The lowest BCUT2D eigenvalue weighted by Gasteiger charge is -2.30. The molecule has 6 nitrogen and oxygen atoms in total. The Morgan fingerprint density at radius 2 is 1.97 bits per heavy atom. The number of amides is 1. The summed E-state index contributed by atoms with van der Waals surface area (Å²) in [5.41, 5.74) is 3.00. The summed E-state index contributed by atoms with van der Waals surface area (Å²) in [4.78, 5) is 19.1. The van der Waals surface area contributed by atoms with Gasteiger partial charge in [-0.05, 0) is 49.9 Å². The summed E-state index contributed by atoms with van der Waals surface area (Å²) in [6.07, 6.45) is 4.14. The number of rotatable bonds is 6. The number of benzene rings is 2. The number of aryl methyl sites for hydroxylation is 2. The number of carbonyl (C=O) groups excluding carboxylic acids is 1. The van der Waals surface area contributed by atoms with Gasteiger partial charge in [0.15, 0.2) is 0 Å². The molecule has 7 heteroatoms. The maximum Gasteiger partial charge on any atom is 0.227 e. The Labute approximate surface area is 175 Å². The lowest BCUT2D eigenvalue weighted by molar-refractivity contribution is -0.116. The van der Waals surface area contributed by atoms with Crippen LogP contribution in [0.4, 0.5) is 15.8 Å². The predicted molar refractivity (Wildman–Crippen MR) is 114 cm³/mol. The van der Waals surface area contributed by atoms with Gasteiger partial charge in [-0.25, -0.2) is 4.39 Å². The largest absolute Gasteiger partial charge is 0.370 e. The van der Waals surface area contributed by atoms with Gasteiger partial charge >= 0.3 is 0 Å². The molecule has 2 aromatic carbocycles. The molecule has 0 saturated carbocycles. The van der Waals surface area contributed by atoms with Crippen LogP contribution in [0.1, 0.15) is 37.1 Å². The van der Waals surface area contributed by atoms with Crippen LogP contribution in [0.5, 0.6) is 0 Å². The molecule has 156 valence electrons. The van der Waals surface area contributed by atoms with Crippen LogP contribution in [0.25, 0.3) is 11.4 Å². The third-order valence-electron chi connectivity index (χ3n) is 5.34. The van der Waals surface area contributed by atoms with Gasteiger partial charge in [0.05, 0.1) is 11.4 Å². The number of halogens is 1. The Morgan fingerprint density at radius 1 is 1.17 bits per heavy atom. The van der Waals surface area contributed by atoms with Crippen molar-refractivity contribution in [3.63, 3.8) is 0 Å². The number of hydrogen-bond donors (Lipinski definition) is 1. The maximum absolute atomic E-state index is 13.8. The zero-order valence-corrected chi connectivity index (χ0v) is 17.0. The highest BCUT2D eigenvalue weighted by Crippen LogP contribution is 2.28. The van der Waals surface area contributed by atoms with Crippen LogP contribution in [-0.4, -0.2) is 29.1 Å². The van der Waals surface area contributed by atoms with Crippen LogP contribution in [0.15, 0.2) is 47.0 Å². The number of carbonyl (C=O) groups is 1. The van der Waals surface area contributed by atoms with Crippen LogP contribution in [0.3, 0.4) is 0 Å². The quantitative estimate of drug-likeness (QED) is 0.638. The summed E-state index contributed by atoms with van der Waals surface area (Å²) < 4.78 is 19.0. The van der Waals surface area contributed by atoms with Gasteiger partial charge in [0.2, 0.25) is 17.6 Å². The summed E-state index contributed by atoms with van der Waals surface area (Å²) >= 11 is 0. The van der Waals surface area contributed by atoms with E-state index in [2.05, 4.69) is 20.4 Å². The third kappa shape index (κ3) is 4.67. The Kier molecular flexibility index (Phi) is 6.07. The maximum atomic E-state index is 13.8. The van der Waals surface area contributed by atoms with Crippen molar-refractivity contribution in [2.24, 2.45) is 0 Å². The van der Waals surface area contributed by atoms with Gasteiger partial charge in [-0.1, -0.05) is 29.4 Å². The molecule has 0 radical (unpaired) electrons. The minimum absolute atomic E-state index is 0.111. The van der Waals surface area contributed by atoms with Crippen LogP contribution < -0.4 is 10.2 Å². The van der Waals surface area contributed by atoms with Crippen molar-refractivity contribution < 1.29 is 13.7 Å². The van der Waals surface area contributed by atoms with Gasteiger partial charge in [-0.3, -0.25) is 4.79 Å². The number of nitrogens with zero attached hydrogens (tertiary/aromatic N) is 3. The Balaban J connectivity index is 1.37. The fraction of sp³-hybridized carbons (Fsp3) is 0.348. The van der Waals surface area contributed by atoms with E-state index in [1.807, 2.05) is 24.3 Å². The van der Waals surface area contributed by atoms with E-state index >= 15 is 0 Å². The van der Waals surface area contributed by atoms with E-state index < -0.39 is 0 Å². The molecule has 1 fully saturated rings. The lowest BCUT2D eigenvalue weighted by Crippen LogP contribution is -2.30. The lowest BCUT2D eigenvalue weighted by atomic mass is 10.1. The minimum Gasteiger partial charge on any atom is -0.370 e. The molecule has 1 aliphatic rings. The van der Waals surface area contributed by atoms with Gasteiger partial charge in [0.25, 0.3) is 0 Å². The molecular weight excluding hydrogens is 383 g/mol. The molecule has 1 aromatic heterocycles. The van der Waals surface area contributed by atoms with Gasteiger partial charge in [-0.2, -0.15) is 4.98 Å². The summed E-state index contributed by atoms with van der Waals surface area (Å²) in [5.74, 6) is 0.247. The van der Waals surface area contributed by atoms with Crippen molar-refractivity contribution in [3.05, 3.63) is 59.7 Å². The van der Waals surface area contributed by atoms with Crippen molar-refractivity contribution in [1.29, 1.82) is 0 Å². The minimum atomic E-state index is -0.314. The second-order valence-electron chi connectivity index (χ2n) is 7.59.